The lowest BCUT2D eigenvalue weighted by atomic mass is 9.98. The molecule has 150 valence electrons. The molecule has 10 nitrogen and oxygen atoms in total. The van der Waals surface area contributed by atoms with E-state index in [1.54, 1.807) is 0 Å². The molecule has 0 unspecified atom stereocenters. The highest BCUT2D eigenvalue weighted by atomic mass is 16.7. The molecule has 1 aliphatic heterocycles. The van der Waals surface area contributed by atoms with Crippen LogP contribution in [0.25, 0.3) is 0 Å². The number of hydrogen-bond donors (Lipinski definition) is 0. The molecule has 1 fully saturated rings. The van der Waals surface area contributed by atoms with Gasteiger partial charge in [0.2, 0.25) is 0 Å². The molecule has 1 heterocycles. The molecule has 0 aliphatic carbocycles. The molecular weight excluding hydrogens is 364 g/mol. The van der Waals surface area contributed by atoms with Crippen molar-refractivity contribution in [3.63, 3.8) is 0 Å². The topological polar surface area (TPSA) is 124 Å². The first-order chi connectivity index (χ1) is 12.6. The Balaban J connectivity index is 3.25. The average Bonchev–Trinajstić information content (AvgIpc) is 2.54. The van der Waals surface area contributed by atoms with E-state index in [0.29, 0.717) is 0 Å². The summed E-state index contributed by atoms with van der Waals surface area (Å²) in [6.07, 6.45) is -0.894. The van der Waals surface area contributed by atoms with Gasteiger partial charge in [0.1, 0.15) is 19.3 Å². The van der Waals surface area contributed by atoms with Crippen molar-refractivity contribution in [2.75, 3.05) is 13.2 Å². The second-order valence-corrected chi connectivity index (χ2v) is 5.58. The van der Waals surface area contributed by atoms with Crippen molar-refractivity contribution < 1.29 is 47.6 Å². The monoisotopic (exact) mass is 386 g/mol. The fraction of sp³-hybridized carbons (Fsp3) is 0.647. The fourth-order valence-electron chi connectivity index (χ4n) is 2.45. The second-order valence-electron chi connectivity index (χ2n) is 5.58. The normalized spacial score (nSPS) is 27.0. The summed E-state index contributed by atoms with van der Waals surface area (Å²) in [7, 11) is 0. The molecule has 0 aromatic rings. The largest absolute Gasteiger partial charge is 0.463 e. The maximum absolute atomic E-state index is 11.6. The third kappa shape index (κ3) is 7.24. The molecule has 0 spiro atoms. The van der Waals surface area contributed by atoms with Crippen molar-refractivity contribution in [2.45, 2.75) is 58.4 Å². The second kappa shape index (κ2) is 10.5. The van der Waals surface area contributed by atoms with E-state index >= 15 is 0 Å². The van der Waals surface area contributed by atoms with Crippen LogP contribution in [0.2, 0.25) is 0 Å². The zero-order valence-electron chi connectivity index (χ0n) is 15.5. The van der Waals surface area contributed by atoms with Crippen LogP contribution in [0.15, 0.2) is 0 Å². The smallest absolute Gasteiger partial charge is 0.303 e. The average molecular weight is 386 g/mol. The molecule has 0 saturated carbocycles. The maximum atomic E-state index is 11.6. The van der Waals surface area contributed by atoms with E-state index in [0.717, 1.165) is 20.8 Å². The van der Waals surface area contributed by atoms with Gasteiger partial charge in [-0.3, -0.25) is 19.2 Å². The molecule has 5 atom stereocenters. The zero-order valence-corrected chi connectivity index (χ0v) is 15.5. The van der Waals surface area contributed by atoms with Gasteiger partial charge >= 0.3 is 23.9 Å². The van der Waals surface area contributed by atoms with Crippen molar-refractivity contribution in [1.29, 1.82) is 0 Å². The predicted molar refractivity (Wildman–Crippen MR) is 86.7 cm³/mol. The van der Waals surface area contributed by atoms with Crippen molar-refractivity contribution in [3.05, 3.63) is 0 Å². The summed E-state index contributed by atoms with van der Waals surface area (Å²) in [6, 6.07) is 0. The van der Waals surface area contributed by atoms with Crippen LogP contribution in [-0.4, -0.2) is 67.8 Å². The third-order valence-corrected chi connectivity index (χ3v) is 3.28. The number of rotatable bonds is 7. The zero-order chi connectivity index (χ0) is 20.6. The summed E-state index contributed by atoms with van der Waals surface area (Å²) in [5.74, 6) is -0.519. The summed E-state index contributed by atoms with van der Waals surface area (Å²) in [5, 5.41) is 0. The minimum atomic E-state index is -1.27. The van der Waals surface area contributed by atoms with Gasteiger partial charge in [0.05, 0.1) is 0 Å². The third-order valence-electron chi connectivity index (χ3n) is 3.28. The van der Waals surface area contributed by atoms with Gasteiger partial charge < -0.3 is 28.4 Å². The Labute approximate surface area is 156 Å². The molecule has 1 aliphatic rings. The molecule has 0 radical (unpaired) electrons. The number of esters is 4. The van der Waals surface area contributed by atoms with Crippen LogP contribution in [0, 0.1) is 12.3 Å². The van der Waals surface area contributed by atoms with Crippen LogP contribution >= 0.6 is 0 Å². The first kappa shape index (κ1) is 22.4. The molecule has 1 rings (SSSR count). The first-order valence-electron chi connectivity index (χ1n) is 8.01. The summed E-state index contributed by atoms with van der Waals surface area (Å²) in [6.45, 7) is 4.05. The van der Waals surface area contributed by atoms with Gasteiger partial charge in [0.15, 0.2) is 24.6 Å². The molecule has 0 bridgehead atoms. The lowest BCUT2D eigenvalue weighted by Crippen LogP contribution is -2.62. The molecule has 27 heavy (non-hydrogen) atoms. The van der Waals surface area contributed by atoms with Gasteiger partial charge in [-0.05, 0) is 0 Å². The quantitative estimate of drug-likeness (QED) is 0.328. The van der Waals surface area contributed by atoms with Crippen LogP contribution in [0.1, 0.15) is 27.7 Å². The van der Waals surface area contributed by atoms with E-state index in [1.807, 2.05) is 0 Å². The van der Waals surface area contributed by atoms with Crippen LogP contribution in [0.3, 0.4) is 0 Å². The molecule has 0 N–H and O–H groups in total. The molecule has 0 amide bonds. The van der Waals surface area contributed by atoms with Crippen LogP contribution < -0.4 is 0 Å². The van der Waals surface area contributed by atoms with Gasteiger partial charge in [-0.2, -0.15) is 0 Å². The molecule has 10 heteroatoms. The Hall–Kier alpha value is -2.64. The minimum absolute atomic E-state index is 0.201. The Morgan fingerprint density at radius 1 is 0.852 bits per heavy atom. The van der Waals surface area contributed by atoms with Crippen LogP contribution in [0.4, 0.5) is 0 Å². The minimum Gasteiger partial charge on any atom is -0.463 e. The van der Waals surface area contributed by atoms with Crippen molar-refractivity contribution in [1.82, 2.24) is 0 Å². The van der Waals surface area contributed by atoms with E-state index in [9.17, 15) is 19.2 Å². The Bertz CT molecular complexity index is 607. The first-order valence-corrected chi connectivity index (χ1v) is 8.01. The number of carbonyl (C=O) groups is 4. The van der Waals surface area contributed by atoms with Crippen molar-refractivity contribution in [2.24, 2.45) is 0 Å². The molecular formula is C17H22O10. The highest BCUT2D eigenvalue weighted by Gasteiger charge is 2.52. The Kier molecular flexibility index (Phi) is 8.71. The number of hydrogen-bond acceptors (Lipinski definition) is 10. The number of ether oxygens (including phenoxy) is 6. The Morgan fingerprint density at radius 3 is 1.85 bits per heavy atom. The van der Waals surface area contributed by atoms with Crippen LogP contribution in [0.5, 0.6) is 0 Å². The summed E-state index contributed by atoms with van der Waals surface area (Å²) in [4.78, 5) is 45.7. The van der Waals surface area contributed by atoms with E-state index in [2.05, 4.69) is 5.92 Å². The van der Waals surface area contributed by atoms with E-state index in [1.165, 1.54) is 6.92 Å². The summed E-state index contributed by atoms with van der Waals surface area (Å²) < 4.78 is 31.5. The Morgan fingerprint density at radius 2 is 1.37 bits per heavy atom. The highest BCUT2D eigenvalue weighted by molar-refractivity contribution is 5.68. The molecule has 1 saturated heterocycles. The highest BCUT2D eigenvalue weighted by Crippen LogP contribution is 2.29. The SMILES string of the molecule is C#CCO[C@@H]1O[C@H](COC(C)=O)[C@H](OC(C)=O)[C@@H](OC(C)=O)[C@H]1OC(C)=O. The molecule has 0 aromatic carbocycles. The van der Waals surface area contributed by atoms with Crippen molar-refractivity contribution >= 4 is 23.9 Å². The summed E-state index contributed by atoms with van der Waals surface area (Å²) in [5.41, 5.74) is 0. The van der Waals surface area contributed by atoms with E-state index in [-0.39, 0.29) is 13.2 Å². The lowest BCUT2D eigenvalue weighted by Gasteiger charge is -2.43. The van der Waals surface area contributed by atoms with E-state index < -0.39 is 54.6 Å². The van der Waals surface area contributed by atoms with Gasteiger partial charge in [0.25, 0.3) is 0 Å². The maximum Gasteiger partial charge on any atom is 0.303 e. The van der Waals surface area contributed by atoms with E-state index in [4.69, 9.17) is 34.8 Å². The van der Waals surface area contributed by atoms with Gasteiger partial charge in [-0.1, -0.05) is 5.92 Å². The number of terminal acetylenes is 1. The van der Waals surface area contributed by atoms with Crippen LogP contribution in [-0.2, 0) is 47.6 Å². The summed E-state index contributed by atoms with van der Waals surface area (Å²) >= 11 is 0. The predicted octanol–water partition coefficient (Wildman–Crippen LogP) is -0.281. The lowest BCUT2D eigenvalue weighted by molar-refractivity contribution is -0.305. The molecule has 0 aromatic heterocycles. The fourth-order valence-corrected chi connectivity index (χ4v) is 2.45. The standard InChI is InChI=1S/C17H22O10/c1-6-7-22-17-16(26-12(5)21)15(25-11(4)20)14(24-10(3)19)13(27-17)8-23-9(2)18/h1,13-17H,7-8H2,2-5H3/t13-,14+,15-,16-,17-/m1/s1. The number of carbonyl (C=O) groups excluding carboxylic acids is 4. The van der Waals surface area contributed by atoms with Gasteiger partial charge in [-0.25, -0.2) is 0 Å². The van der Waals surface area contributed by atoms with Gasteiger partial charge in [-0.15, -0.1) is 6.42 Å². The van der Waals surface area contributed by atoms with Gasteiger partial charge in [0, 0.05) is 27.7 Å². The van der Waals surface area contributed by atoms with Crippen molar-refractivity contribution in [3.8, 4) is 12.3 Å².